The monoisotopic (exact) mass is 265 g/mol. The molecule has 0 amide bonds. The quantitative estimate of drug-likeness (QED) is 0.830. The van der Waals surface area contributed by atoms with E-state index in [2.05, 4.69) is 55.5 Å². The van der Waals surface area contributed by atoms with E-state index in [4.69, 9.17) is 5.73 Å². The van der Waals surface area contributed by atoms with Crippen molar-refractivity contribution in [3.05, 3.63) is 59.7 Å². The maximum absolute atomic E-state index is 6.68. The lowest BCUT2D eigenvalue weighted by Crippen LogP contribution is -2.38. The van der Waals surface area contributed by atoms with Crippen molar-refractivity contribution in [1.29, 1.82) is 0 Å². The van der Waals surface area contributed by atoms with Gasteiger partial charge in [0.2, 0.25) is 0 Å². The lowest BCUT2D eigenvalue weighted by molar-refractivity contribution is 0.302. The fourth-order valence-corrected chi connectivity index (χ4v) is 3.33. The van der Waals surface area contributed by atoms with E-state index in [0.29, 0.717) is 0 Å². The van der Waals surface area contributed by atoms with Crippen molar-refractivity contribution in [3.8, 4) is 11.1 Å². The van der Waals surface area contributed by atoms with Crippen molar-refractivity contribution in [2.24, 2.45) is 5.73 Å². The molecule has 0 unspecified atom stereocenters. The zero-order valence-electron chi connectivity index (χ0n) is 12.2. The van der Waals surface area contributed by atoms with Crippen LogP contribution in [0.2, 0.25) is 0 Å². The maximum Gasteiger partial charge on any atom is 0.0409 e. The number of nitrogens with two attached hydrogens (primary N) is 1. The summed E-state index contributed by atoms with van der Waals surface area (Å²) in [6.45, 7) is 2.18. The minimum atomic E-state index is -0.116. The third-order valence-electron chi connectivity index (χ3n) is 4.64. The summed E-state index contributed by atoms with van der Waals surface area (Å²) in [5.41, 5.74) is 11.8. The predicted molar refractivity (Wildman–Crippen MR) is 85.6 cm³/mol. The summed E-state index contributed by atoms with van der Waals surface area (Å²) in [6, 6.07) is 17.4. The third kappa shape index (κ3) is 2.51. The van der Waals surface area contributed by atoms with Crippen LogP contribution in [0.3, 0.4) is 0 Å². The molecule has 2 aromatic carbocycles. The van der Waals surface area contributed by atoms with Crippen LogP contribution < -0.4 is 5.73 Å². The molecule has 0 saturated heterocycles. The minimum absolute atomic E-state index is 0.116. The maximum atomic E-state index is 6.68. The molecule has 1 aliphatic carbocycles. The molecule has 2 aromatic rings. The first-order valence-electron chi connectivity index (χ1n) is 7.64. The van der Waals surface area contributed by atoms with Gasteiger partial charge in [0, 0.05) is 5.54 Å². The average Bonchev–Trinajstić information content (AvgIpc) is 2.49. The fourth-order valence-electron chi connectivity index (χ4n) is 3.33. The van der Waals surface area contributed by atoms with Gasteiger partial charge in [-0.3, -0.25) is 0 Å². The number of hydrogen-bond donors (Lipinski definition) is 1. The Hall–Kier alpha value is -1.60. The molecule has 0 heterocycles. The third-order valence-corrected chi connectivity index (χ3v) is 4.64. The molecule has 0 bridgehead atoms. The van der Waals surface area contributed by atoms with Gasteiger partial charge in [0.05, 0.1) is 0 Å². The lowest BCUT2D eigenvalue weighted by Gasteiger charge is -2.34. The first-order valence-corrected chi connectivity index (χ1v) is 7.64. The zero-order valence-corrected chi connectivity index (χ0v) is 12.2. The number of rotatable bonds is 2. The number of hydrogen-bond acceptors (Lipinski definition) is 1. The Balaban J connectivity index is 2.02. The topological polar surface area (TPSA) is 26.0 Å². The molecule has 0 atom stereocenters. The second-order valence-corrected chi connectivity index (χ2v) is 6.11. The molecule has 2 N–H and O–H groups in total. The number of aryl methyl sites for hydroxylation is 1. The molecular formula is C19H23N. The van der Waals surface area contributed by atoms with Gasteiger partial charge in [-0.05, 0) is 48.1 Å². The van der Waals surface area contributed by atoms with Gasteiger partial charge in [-0.15, -0.1) is 0 Å². The van der Waals surface area contributed by atoms with Crippen LogP contribution >= 0.6 is 0 Å². The highest BCUT2D eigenvalue weighted by Crippen LogP contribution is 2.37. The molecule has 1 fully saturated rings. The van der Waals surface area contributed by atoms with Crippen LogP contribution in [0.15, 0.2) is 48.5 Å². The molecule has 1 heteroatoms. The van der Waals surface area contributed by atoms with Crippen LogP contribution in [0.1, 0.15) is 43.2 Å². The van der Waals surface area contributed by atoms with Gasteiger partial charge in [-0.1, -0.05) is 61.7 Å². The van der Waals surface area contributed by atoms with Gasteiger partial charge in [0.15, 0.2) is 0 Å². The van der Waals surface area contributed by atoms with Crippen LogP contribution in [0.5, 0.6) is 0 Å². The van der Waals surface area contributed by atoms with Crippen LogP contribution in [0.25, 0.3) is 11.1 Å². The normalized spacial score (nSPS) is 17.9. The van der Waals surface area contributed by atoms with E-state index >= 15 is 0 Å². The first kappa shape index (κ1) is 13.4. The molecule has 3 rings (SSSR count). The first-order chi connectivity index (χ1) is 9.69. The van der Waals surface area contributed by atoms with E-state index in [9.17, 15) is 0 Å². The molecule has 20 heavy (non-hydrogen) atoms. The molecule has 104 valence electrons. The van der Waals surface area contributed by atoms with E-state index in [1.165, 1.54) is 41.5 Å². The molecule has 0 aliphatic heterocycles. The van der Waals surface area contributed by atoms with Crippen LogP contribution in [-0.2, 0) is 5.54 Å². The highest BCUT2D eigenvalue weighted by atomic mass is 14.7. The van der Waals surface area contributed by atoms with Crippen molar-refractivity contribution in [1.82, 2.24) is 0 Å². The highest BCUT2D eigenvalue weighted by molar-refractivity contribution is 5.68. The van der Waals surface area contributed by atoms with Gasteiger partial charge in [0.25, 0.3) is 0 Å². The predicted octanol–water partition coefficient (Wildman–Crippen LogP) is 4.78. The Labute approximate surface area is 121 Å². The Morgan fingerprint density at radius 2 is 1.60 bits per heavy atom. The average molecular weight is 265 g/mol. The molecule has 1 saturated carbocycles. The van der Waals surface area contributed by atoms with Gasteiger partial charge in [-0.25, -0.2) is 0 Å². The second kappa shape index (κ2) is 5.41. The fraction of sp³-hybridized carbons (Fsp3) is 0.368. The minimum Gasteiger partial charge on any atom is -0.321 e. The van der Waals surface area contributed by atoms with Gasteiger partial charge < -0.3 is 5.73 Å². The molecule has 0 spiro atoms. The van der Waals surface area contributed by atoms with Crippen molar-refractivity contribution in [2.45, 2.75) is 44.6 Å². The van der Waals surface area contributed by atoms with Crippen LogP contribution in [0, 0.1) is 6.92 Å². The Bertz CT molecular complexity index is 580. The summed E-state index contributed by atoms with van der Waals surface area (Å²) >= 11 is 0. The Kier molecular flexibility index (Phi) is 3.62. The largest absolute Gasteiger partial charge is 0.321 e. The van der Waals surface area contributed by atoms with Crippen molar-refractivity contribution in [3.63, 3.8) is 0 Å². The van der Waals surface area contributed by atoms with E-state index < -0.39 is 0 Å². The Morgan fingerprint density at radius 1 is 0.900 bits per heavy atom. The Morgan fingerprint density at radius 3 is 2.30 bits per heavy atom. The van der Waals surface area contributed by atoms with Crippen LogP contribution in [-0.4, -0.2) is 0 Å². The summed E-state index contributed by atoms with van der Waals surface area (Å²) in [6.07, 6.45) is 6.07. The summed E-state index contributed by atoms with van der Waals surface area (Å²) in [7, 11) is 0. The molecule has 0 radical (unpaired) electrons. The highest BCUT2D eigenvalue weighted by Gasteiger charge is 2.29. The summed E-state index contributed by atoms with van der Waals surface area (Å²) in [4.78, 5) is 0. The van der Waals surface area contributed by atoms with Gasteiger partial charge in [-0.2, -0.15) is 0 Å². The van der Waals surface area contributed by atoms with Crippen molar-refractivity contribution >= 4 is 0 Å². The molecular weight excluding hydrogens is 242 g/mol. The van der Waals surface area contributed by atoms with Crippen molar-refractivity contribution in [2.75, 3.05) is 0 Å². The molecule has 1 nitrogen and oxygen atoms in total. The summed E-state index contributed by atoms with van der Waals surface area (Å²) < 4.78 is 0. The van der Waals surface area contributed by atoms with Crippen molar-refractivity contribution < 1.29 is 0 Å². The van der Waals surface area contributed by atoms with Gasteiger partial charge >= 0.3 is 0 Å². The second-order valence-electron chi connectivity index (χ2n) is 6.11. The van der Waals surface area contributed by atoms with E-state index in [-0.39, 0.29) is 5.54 Å². The van der Waals surface area contributed by atoms with E-state index in [1.807, 2.05) is 0 Å². The summed E-state index contributed by atoms with van der Waals surface area (Å²) in [5.74, 6) is 0. The molecule has 1 aliphatic rings. The smallest absolute Gasteiger partial charge is 0.0409 e. The SMILES string of the molecule is Cc1ccc(C2(N)CCCCC2)cc1-c1ccccc1. The van der Waals surface area contributed by atoms with Gasteiger partial charge in [0.1, 0.15) is 0 Å². The summed E-state index contributed by atoms with van der Waals surface area (Å²) in [5, 5.41) is 0. The zero-order chi connectivity index (χ0) is 14.0. The number of benzene rings is 2. The van der Waals surface area contributed by atoms with E-state index in [0.717, 1.165) is 12.8 Å². The lowest BCUT2D eigenvalue weighted by atomic mass is 9.76. The van der Waals surface area contributed by atoms with E-state index in [1.54, 1.807) is 0 Å². The molecule has 0 aromatic heterocycles. The standard InChI is InChI=1S/C19H23N/c1-15-10-11-17(19(20)12-6-3-7-13-19)14-18(15)16-8-4-2-5-9-16/h2,4-5,8-11,14H,3,6-7,12-13,20H2,1H3. The van der Waals surface area contributed by atoms with Crippen LogP contribution in [0.4, 0.5) is 0 Å².